The van der Waals surface area contributed by atoms with Gasteiger partial charge in [0.15, 0.2) is 0 Å². The molecule has 8 heteroatoms. The number of nitrogens with one attached hydrogen (secondary N) is 1. The van der Waals surface area contributed by atoms with Crippen molar-refractivity contribution < 1.29 is 16.8 Å². The Bertz CT molecular complexity index is 887. The fourth-order valence-electron chi connectivity index (χ4n) is 4.07. The molecule has 1 aliphatic heterocycles. The fourth-order valence-corrected chi connectivity index (χ4v) is 7.38. The SMILES string of the molecule is Cc1cc(S(=O)(=O)NC2CCCCCC2)c(C)cc1N1CCCCS1(=O)=O. The third-order valence-electron chi connectivity index (χ3n) is 5.58. The highest BCUT2D eigenvalue weighted by Crippen LogP contribution is 2.31. The van der Waals surface area contributed by atoms with E-state index < -0.39 is 20.0 Å². The molecular formula is C19H30N2O4S2. The Kier molecular flexibility index (Phi) is 6.17. The summed E-state index contributed by atoms with van der Waals surface area (Å²) in [6.45, 7) is 3.97. The van der Waals surface area contributed by atoms with Gasteiger partial charge in [-0.15, -0.1) is 0 Å². The van der Waals surface area contributed by atoms with Gasteiger partial charge in [-0.05, 0) is 62.8 Å². The highest BCUT2D eigenvalue weighted by molar-refractivity contribution is 7.92. The Balaban J connectivity index is 1.89. The fraction of sp³-hybridized carbons (Fsp3) is 0.684. The molecule has 0 bridgehead atoms. The molecule has 2 aliphatic rings. The monoisotopic (exact) mass is 414 g/mol. The largest absolute Gasteiger partial charge is 0.270 e. The number of hydrogen-bond donors (Lipinski definition) is 1. The average Bonchev–Trinajstić information content (AvgIpc) is 2.84. The summed E-state index contributed by atoms with van der Waals surface area (Å²) in [5.74, 6) is 0.148. The molecule has 1 saturated heterocycles. The molecule has 0 spiro atoms. The van der Waals surface area contributed by atoms with Crippen molar-refractivity contribution in [3.8, 4) is 0 Å². The van der Waals surface area contributed by atoms with Gasteiger partial charge in [-0.3, -0.25) is 4.31 Å². The van der Waals surface area contributed by atoms with Crippen LogP contribution >= 0.6 is 0 Å². The molecule has 1 aromatic carbocycles. The zero-order valence-electron chi connectivity index (χ0n) is 16.2. The summed E-state index contributed by atoms with van der Waals surface area (Å²) >= 11 is 0. The highest BCUT2D eigenvalue weighted by atomic mass is 32.2. The van der Waals surface area contributed by atoms with Crippen LogP contribution in [-0.4, -0.2) is 35.2 Å². The second-order valence-electron chi connectivity index (χ2n) is 7.81. The third kappa shape index (κ3) is 4.66. The van der Waals surface area contributed by atoms with Crippen LogP contribution in [0, 0.1) is 13.8 Å². The van der Waals surface area contributed by atoms with Crippen molar-refractivity contribution in [1.29, 1.82) is 0 Å². The smallest absolute Gasteiger partial charge is 0.241 e. The number of sulfonamides is 2. The first-order valence-electron chi connectivity index (χ1n) is 9.85. The molecule has 27 heavy (non-hydrogen) atoms. The number of rotatable bonds is 4. The van der Waals surface area contributed by atoms with Crippen LogP contribution in [0.4, 0.5) is 5.69 Å². The van der Waals surface area contributed by atoms with Crippen molar-refractivity contribution in [2.45, 2.75) is 76.2 Å². The zero-order chi connectivity index (χ0) is 19.7. The van der Waals surface area contributed by atoms with Crippen molar-refractivity contribution >= 4 is 25.7 Å². The Hall–Kier alpha value is -1.12. The van der Waals surface area contributed by atoms with Gasteiger partial charge in [-0.25, -0.2) is 21.6 Å². The van der Waals surface area contributed by atoms with Gasteiger partial charge in [0.1, 0.15) is 0 Å². The molecule has 1 heterocycles. The van der Waals surface area contributed by atoms with Crippen LogP contribution in [0.15, 0.2) is 17.0 Å². The number of aryl methyl sites for hydroxylation is 2. The molecular weight excluding hydrogens is 384 g/mol. The zero-order valence-corrected chi connectivity index (χ0v) is 17.8. The van der Waals surface area contributed by atoms with Crippen molar-refractivity contribution in [1.82, 2.24) is 4.72 Å². The molecule has 6 nitrogen and oxygen atoms in total. The summed E-state index contributed by atoms with van der Waals surface area (Å²) in [4.78, 5) is 0.252. The summed E-state index contributed by atoms with van der Waals surface area (Å²) in [5.41, 5.74) is 1.85. The van der Waals surface area contributed by atoms with E-state index in [4.69, 9.17) is 0 Å². The summed E-state index contributed by atoms with van der Waals surface area (Å²) in [5, 5.41) is 0. The maximum absolute atomic E-state index is 13.0. The van der Waals surface area contributed by atoms with Crippen molar-refractivity contribution in [3.63, 3.8) is 0 Å². The summed E-state index contributed by atoms with van der Waals surface area (Å²) in [6, 6.07) is 3.31. The van der Waals surface area contributed by atoms with Gasteiger partial charge in [0.25, 0.3) is 0 Å². The molecule has 3 rings (SSSR count). The summed E-state index contributed by atoms with van der Waals surface area (Å²) < 4.78 is 55.1. The van der Waals surface area contributed by atoms with Crippen molar-refractivity contribution in [2.75, 3.05) is 16.6 Å². The second kappa shape index (κ2) is 8.09. The quantitative estimate of drug-likeness (QED) is 0.767. The van der Waals surface area contributed by atoms with Crippen molar-refractivity contribution in [2.24, 2.45) is 0 Å². The van der Waals surface area contributed by atoms with Gasteiger partial charge in [0.05, 0.1) is 16.3 Å². The third-order valence-corrected chi connectivity index (χ3v) is 9.10. The Morgan fingerprint density at radius 3 is 2.26 bits per heavy atom. The van der Waals surface area contributed by atoms with E-state index in [9.17, 15) is 16.8 Å². The maximum Gasteiger partial charge on any atom is 0.241 e. The topological polar surface area (TPSA) is 83.6 Å². The standard InChI is InChI=1S/C19H30N2O4S2/c1-15-14-19(27(24,25)20-17-9-5-3-4-6-10-17)16(2)13-18(15)21-11-7-8-12-26(21,22)23/h13-14,17,20H,3-12H2,1-2H3. The van der Waals surface area contributed by atoms with E-state index in [-0.39, 0.29) is 16.7 Å². The van der Waals surface area contributed by atoms with Gasteiger partial charge in [0.2, 0.25) is 20.0 Å². The Labute approximate surface area is 163 Å². The van der Waals surface area contributed by atoms with E-state index in [1.54, 1.807) is 26.0 Å². The van der Waals surface area contributed by atoms with Crippen LogP contribution in [0.1, 0.15) is 62.5 Å². The molecule has 1 saturated carbocycles. The van der Waals surface area contributed by atoms with E-state index in [0.717, 1.165) is 44.9 Å². The lowest BCUT2D eigenvalue weighted by Gasteiger charge is -2.30. The Morgan fingerprint density at radius 2 is 1.63 bits per heavy atom. The molecule has 0 aromatic heterocycles. The van der Waals surface area contributed by atoms with E-state index in [0.29, 0.717) is 29.8 Å². The molecule has 0 radical (unpaired) electrons. The first-order valence-corrected chi connectivity index (χ1v) is 12.9. The van der Waals surface area contributed by atoms with Crippen LogP contribution in [-0.2, 0) is 20.0 Å². The molecule has 0 amide bonds. The lowest BCUT2D eigenvalue weighted by atomic mass is 10.1. The molecule has 1 N–H and O–H groups in total. The normalized spacial score (nSPS) is 21.8. The minimum Gasteiger partial charge on any atom is -0.270 e. The first-order chi connectivity index (χ1) is 12.7. The van der Waals surface area contributed by atoms with Gasteiger partial charge < -0.3 is 0 Å². The number of anilines is 1. The lowest BCUT2D eigenvalue weighted by Crippen LogP contribution is -2.38. The minimum absolute atomic E-state index is 0.0145. The number of hydrogen-bond acceptors (Lipinski definition) is 4. The van der Waals surface area contributed by atoms with Crippen LogP contribution < -0.4 is 9.03 Å². The van der Waals surface area contributed by atoms with Gasteiger partial charge in [-0.1, -0.05) is 25.7 Å². The predicted octanol–water partition coefficient (Wildman–Crippen LogP) is 3.23. The molecule has 1 aliphatic carbocycles. The van der Waals surface area contributed by atoms with Gasteiger partial charge >= 0.3 is 0 Å². The average molecular weight is 415 g/mol. The number of benzene rings is 1. The predicted molar refractivity (Wildman–Crippen MR) is 108 cm³/mol. The number of nitrogens with zero attached hydrogens (tertiary/aromatic N) is 1. The Morgan fingerprint density at radius 1 is 0.963 bits per heavy atom. The summed E-state index contributed by atoms with van der Waals surface area (Å²) in [7, 11) is -6.95. The molecule has 1 aromatic rings. The second-order valence-corrected chi connectivity index (χ2v) is 11.5. The van der Waals surface area contributed by atoms with Crippen LogP contribution in [0.3, 0.4) is 0 Å². The van der Waals surface area contributed by atoms with Crippen molar-refractivity contribution in [3.05, 3.63) is 23.3 Å². The molecule has 152 valence electrons. The van der Waals surface area contributed by atoms with E-state index in [2.05, 4.69) is 4.72 Å². The van der Waals surface area contributed by atoms with Crippen LogP contribution in [0.5, 0.6) is 0 Å². The maximum atomic E-state index is 13.0. The van der Waals surface area contributed by atoms with Gasteiger partial charge in [-0.2, -0.15) is 0 Å². The van der Waals surface area contributed by atoms with Crippen LogP contribution in [0.25, 0.3) is 0 Å². The van der Waals surface area contributed by atoms with E-state index in [1.165, 1.54) is 4.31 Å². The lowest BCUT2D eigenvalue weighted by molar-refractivity contribution is 0.509. The first kappa shape index (κ1) is 20.6. The van der Waals surface area contributed by atoms with Gasteiger partial charge in [0, 0.05) is 12.6 Å². The minimum atomic E-state index is -3.62. The van der Waals surface area contributed by atoms with Crippen LogP contribution in [0.2, 0.25) is 0 Å². The van der Waals surface area contributed by atoms with E-state index >= 15 is 0 Å². The van der Waals surface area contributed by atoms with E-state index in [1.807, 2.05) is 0 Å². The molecule has 2 fully saturated rings. The highest BCUT2D eigenvalue weighted by Gasteiger charge is 2.29. The molecule has 0 unspecified atom stereocenters. The summed E-state index contributed by atoms with van der Waals surface area (Å²) in [6.07, 6.45) is 7.68. The molecule has 0 atom stereocenters.